The van der Waals surface area contributed by atoms with Crippen LogP contribution in [0.1, 0.15) is 19.8 Å². The molecular formula is C6H10FN. The van der Waals surface area contributed by atoms with E-state index in [0.717, 1.165) is 6.42 Å². The fourth-order valence-electron chi connectivity index (χ4n) is 0.437. The quantitative estimate of drug-likeness (QED) is 0.551. The second kappa shape index (κ2) is 4.58. The first-order valence-corrected chi connectivity index (χ1v) is 2.78. The molecule has 0 aromatic carbocycles. The predicted molar refractivity (Wildman–Crippen MR) is 30.0 cm³/mol. The standard InChI is InChI=1S/C6H10FN/c1-2-6(5-7)3-4-8/h6H,2-3,5H2,1H3. The molecule has 46 valence electrons. The van der Waals surface area contributed by atoms with E-state index < -0.39 is 0 Å². The van der Waals surface area contributed by atoms with Crippen LogP contribution in [0.5, 0.6) is 0 Å². The highest BCUT2D eigenvalue weighted by molar-refractivity contribution is 4.74. The number of halogens is 1. The van der Waals surface area contributed by atoms with Crippen LogP contribution in [-0.2, 0) is 0 Å². The minimum Gasteiger partial charge on any atom is -0.251 e. The van der Waals surface area contributed by atoms with Crippen LogP contribution < -0.4 is 0 Å². The van der Waals surface area contributed by atoms with Crippen LogP contribution >= 0.6 is 0 Å². The topological polar surface area (TPSA) is 23.8 Å². The van der Waals surface area contributed by atoms with Crippen LogP contribution in [0.25, 0.3) is 0 Å². The predicted octanol–water partition coefficient (Wildman–Crippen LogP) is 1.90. The molecule has 2 heteroatoms. The van der Waals surface area contributed by atoms with Crippen molar-refractivity contribution in [2.45, 2.75) is 19.8 Å². The summed E-state index contributed by atoms with van der Waals surface area (Å²) in [6.07, 6.45) is 1.12. The Kier molecular flexibility index (Phi) is 4.24. The second-order valence-corrected chi connectivity index (χ2v) is 1.79. The first-order valence-electron chi connectivity index (χ1n) is 2.78. The third kappa shape index (κ3) is 2.57. The Morgan fingerprint density at radius 1 is 1.75 bits per heavy atom. The fourth-order valence-corrected chi connectivity index (χ4v) is 0.437. The Bertz CT molecular complexity index is 81.0. The fraction of sp³-hybridized carbons (Fsp3) is 0.833. The van der Waals surface area contributed by atoms with E-state index in [4.69, 9.17) is 5.26 Å². The summed E-state index contributed by atoms with van der Waals surface area (Å²) in [6, 6.07) is 1.93. The van der Waals surface area contributed by atoms with Gasteiger partial charge < -0.3 is 0 Å². The van der Waals surface area contributed by atoms with Crippen molar-refractivity contribution in [1.82, 2.24) is 0 Å². The number of hydrogen-bond acceptors (Lipinski definition) is 1. The lowest BCUT2D eigenvalue weighted by Gasteiger charge is -2.01. The zero-order valence-corrected chi connectivity index (χ0v) is 5.02. The highest BCUT2D eigenvalue weighted by atomic mass is 19.1. The summed E-state index contributed by atoms with van der Waals surface area (Å²) in [6.45, 7) is 1.53. The van der Waals surface area contributed by atoms with Crippen molar-refractivity contribution < 1.29 is 4.39 Å². The maximum Gasteiger partial charge on any atom is 0.0932 e. The van der Waals surface area contributed by atoms with Gasteiger partial charge in [-0.2, -0.15) is 5.26 Å². The van der Waals surface area contributed by atoms with Gasteiger partial charge >= 0.3 is 0 Å². The van der Waals surface area contributed by atoms with Crippen molar-refractivity contribution in [3.05, 3.63) is 0 Å². The van der Waals surface area contributed by atoms with Gasteiger partial charge in [-0.05, 0) is 12.3 Å². The van der Waals surface area contributed by atoms with Crippen molar-refractivity contribution in [3.63, 3.8) is 0 Å². The van der Waals surface area contributed by atoms with E-state index in [1.165, 1.54) is 0 Å². The summed E-state index contributed by atoms with van der Waals surface area (Å²) in [5, 5.41) is 8.08. The summed E-state index contributed by atoms with van der Waals surface area (Å²) in [7, 11) is 0. The minimum atomic E-state index is -0.357. The third-order valence-corrected chi connectivity index (χ3v) is 1.18. The average molecular weight is 115 g/mol. The van der Waals surface area contributed by atoms with E-state index in [1.807, 2.05) is 13.0 Å². The first-order chi connectivity index (χ1) is 3.85. The van der Waals surface area contributed by atoms with Crippen molar-refractivity contribution in [1.29, 1.82) is 5.26 Å². The molecule has 8 heavy (non-hydrogen) atoms. The minimum absolute atomic E-state index is 0.0278. The van der Waals surface area contributed by atoms with E-state index in [1.54, 1.807) is 0 Å². The molecule has 0 N–H and O–H groups in total. The van der Waals surface area contributed by atoms with Gasteiger partial charge in [-0.15, -0.1) is 0 Å². The lowest BCUT2D eigenvalue weighted by atomic mass is 10.1. The molecule has 1 unspecified atom stereocenters. The van der Waals surface area contributed by atoms with Crippen LogP contribution in [0.15, 0.2) is 0 Å². The molecular weight excluding hydrogens is 105 g/mol. The lowest BCUT2D eigenvalue weighted by molar-refractivity contribution is 0.357. The van der Waals surface area contributed by atoms with Gasteiger partial charge in [0, 0.05) is 6.42 Å². The Hall–Kier alpha value is -0.580. The largest absolute Gasteiger partial charge is 0.251 e. The molecule has 0 bridgehead atoms. The molecule has 1 nitrogen and oxygen atoms in total. The molecule has 0 fully saturated rings. The monoisotopic (exact) mass is 115 g/mol. The first kappa shape index (κ1) is 7.42. The normalized spacial score (nSPS) is 12.6. The van der Waals surface area contributed by atoms with Crippen molar-refractivity contribution >= 4 is 0 Å². The van der Waals surface area contributed by atoms with E-state index in [-0.39, 0.29) is 12.6 Å². The summed E-state index contributed by atoms with van der Waals surface area (Å²) in [5.74, 6) is -0.0278. The van der Waals surface area contributed by atoms with Gasteiger partial charge in [-0.25, -0.2) is 0 Å². The second-order valence-electron chi connectivity index (χ2n) is 1.79. The zero-order valence-electron chi connectivity index (χ0n) is 5.02. The van der Waals surface area contributed by atoms with Crippen molar-refractivity contribution in [2.75, 3.05) is 6.67 Å². The molecule has 0 aromatic heterocycles. The highest BCUT2D eigenvalue weighted by Crippen LogP contribution is 2.06. The number of alkyl halides is 1. The van der Waals surface area contributed by atoms with Crippen LogP contribution in [0.2, 0.25) is 0 Å². The number of nitriles is 1. The van der Waals surface area contributed by atoms with Gasteiger partial charge in [-0.3, -0.25) is 4.39 Å². The molecule has 0 saturated heterocycles. The Labute approximate surface area is 49.1 Å². The zero-order chi connectivity index (χ0) is 6.41. The third-order valence-electron chi connectivity index (χ3n) is 1.18. The molecule has 0 heterocycles. The molecule has 0 spiro atoms. The number of nitrogens with zero attached hydrogens (tertiary/aromatic N) is 1. The van der Waals surface area contributed by atoms with E-state index >= 15 is 0 Å². The Morgan fingerprint density at radius 3 is 2.50 bits per heavy atom. The van der Waals surface area contributed by atoms with Gasteiger partial charge in [0.15, 0.2) is 0 Å². The van der Waals surface area contributed by atoms with Gasteiger partial charge in [0.1, 0.15) is 0 Å². The molecule has 0 aliphatic rings. The SMILES string of the molecule is CCC(CF)CC#N. The molecule has 0 amide bonds. The van der Waals surface area contributed by atoms with E-state index in [2.05, 4.69) is 0 Å². The molecule has 0 saturated carbocycles. The van der Waals surface area contributed by atoms with E-state index in [9.17, 15) is 4.39 Å². The van der Waals surface area contributed by atoms with Gasteiger partial charge in [0.25, 0.3) is 0 Å². The average Bonchev–Trinajstić information content (AvgIpc) is 1.83. The van der Waals surface area contributed by atoms with Gasteiger partial charge in [-0.1, -0.05) is 6.92 Å². The molecule has 0 aliphatic carbocycles. The van der Waals surface area contributed by atoms with Crippen LogP contribution in [0, 0.1) is 17.2 Å². The smallest absolute Gasteiger partial charge is 0.0932 e. The maximum atomic E-state index is 11.7. The highest BCUT2D eigenvalue weighted by Gasteiger charge is 2.02. The molecule has 0 radical (unpaired) electrons. The van der Waals surface area contributed by atoms with Crippen LogP contribution in [0.4, 0.5) is 4.39 Å². The molecule has 0 rings (SSSR count). The Balaban J connectivity index is 3.25. The van der Waals surface area contributed by atoms with E-state index in [0.29, 0.717) is 6.42 Å². The summed E-state index contributed by atoms with van der Waals surface area (Å²) in [5.41, 5.74) is 0. The number of rotatable bonds is 3. The molecule has 0 aliphatic heterocycles. The summed E-state index contributed by atoms with van der Waals surface area (Å²) in [4.78, 5) is 0. The van der Waals surface area contributed by atoms with Gasteiger partial charge in [0.05, 0.1) is 12.7 Å². The lowest BCUT2D eigenvalue weighted by Crippen LogP contribution is -1.98. The van der Waals surface area contributed by atoms with Crippen molar-refractivity contribution in [3.8, 4) is 6.07 Å². The maximum absolute atomic E-state index is 11.7. The number of hydrogen-bond donors (Lipinski definition) is 0. The summed E-state index contributed by atoms with van der Waals surface area (Å²) < 4.78 is 11.7. The molecule has 0 aromatic rings. The van der Waals surface area contributed by atoms with Crippen LogP contribution in [0.3, 0.4) is 0 Å². The van der Waals surface area contributed by atoms with Crippen LogP contribution in [-0.4, -0.2) is 6.67 Å². The summed E-state index contributed by atoms with van der Waals surface area (Å²) >= 11 is 0. The van der Waals surface area contributed by atoms with Crippen molar-refractivity contribution in [2.24, 2.45) is 5.92 Å². The molecule has 1 atom stereocenters. The van der Waals surface area contributed by atoms with Gasteiger partial charge in [0.2, 0.25) is 0 Å². The Morgan fingerprint density at radius 2 is 2.38 bits per heavy atom.